The van der Waals surface area contributed by atoms with Crippen LogP contribution in [-0.4, -0.2) is 81.5 Å². The third-order valence-corrected chi connectivity index (χ3v) is 8.85. The first-order chi connectivity index (χ1) is 21.5. The molecule has 0 fully saturated rings. The van der Waals surface area contributed by atoms with Gasteiger partial charge in [0, 0.05) is 113 Å². The fraction of sp³-hybridized carbons (Fsp3) is 0.514. The number of hydrogen-bond donors (Lipinski definition) is 3. The topological polar surface area (TPSA) is 70.4 Å². The summed E-state index contributed by atoms with van der Waals surface area (Å²) in [5, 5.41) is 27.7. The smallest absolute Gasteiger partial charge is 0.142 e. The van der Waals surface area contributed by atoms with Crippen LogP contribution in [0.2, 0.25) is 0 Å². The number of unbranched alkanes of at least 4 members (excludes halogenated alkanes) is 3. The van der Waals surface area contributed by atoms with E-state index >= 15 is 0 Å². The third-order valence-electron chi connectivity index (χ3n) is 8.85. The van der Waals surface area contributed by atoms with E-state index in [1.165, 1.54) is 34.1 Å². The Morgan fingerprint density at radius 1 is 0.432 bits per heavy atom. The van der Waals surface area contributed by atoms with E-state index in [0.29, 0.717) is 4.48 Å². The number of aliphatic hydroxyl groups excluding tert-OH is 3. The molecule has 7 heteroatoms. The molecule has 0 radical (unpaired) electrons. The maximum absolute atomic E-state index is 9.24. The van der Waals surface area contributed by atoms with E-state index in [1.807, 2.05) is 0 Å². The molecular weight excluding hydrogens is 548 g/mol. The first kappa shape index (κ1) is 35.4. The zero-order valence-corrected chi connectivity index (χ0v) is 27.7. The van der Waals surface area contributed by atoms with E-state index in [1.54, 1.807) is 0 Å². The molecule has 0 heterocycles. The van der Waals surface area contributed by atoms with Crippen LogP contribution in [-0.2, 0) is 0 Å². The van der Waals surface area contributed by atoms with E-state index in [-0.39, 0.29) is 19.8 Å². The van der Waals surface area contributed by atoms with Crippen molar-refractivity contribution in [1.82, 2.24) is 4.48 Å². The van der Waals surface area contributed by atoms with Gasteiger partial charge in [0.15, 0.2) is 0 Å². The molecule has 3 N–H and O–H groups in total. The Kier molecular flexibility index (Phi) is 15.0. The highest BCUT2D eigenvalue weighted by molar-refractivity contribution is 5.74. The molecule has 3 rings (SSSR count). The molecule has 7 nitrogen and oxygen atoms in total. The summed E-state index contributed by atoms with van der Waals surface area (Å²) in [6.45, 7) is 12.9. The molecule has 0 bridgehead atoms. The van der Waals surface area contributed by atoms with Crippen LogP contribution in [0.4, 0.5) is 34.1 Å². The fourth-order valence-corrected chi connectivity index (χ4v) is 5.98. The summed E-state index contributed by atoms with van der Waals surface area (Å²) < 4.78 is 0.532. The van der Waals surface area contributed by atoms with Gasteiger partial charge >= 0.3 is 0 Å². The van der Waals surface area contributed by atoms with Gasteiger partial charge in [0.25, 0.3) is 0 Å². The van der Waals surface area contributed by atoms with Crippen molar-refractivity contribution >= 4 is 34.1 Å². The lowest BCUT2D eigenvalue weighted by Gasteiger charge is -2.35. The van der Waals surface area contributed by atoms with Crippen molar-refractivity contribution < 1.29 is 15.3 Å². The SMILES string of the molecule is CCN(CCCCO)c1ccc([N+](C)(c2ccc(N(CC)CCCCO)cc2)c2ccc(N(CC)CCCCO)cc2)cc1. The summed E-state index contributed by atoms with van der Waals surface area (Å²) >= 11 is 0. The Bertz CT molecular complexity index is 1040. The number of aliphatic hydroxyl groups is 3. The van der Waals surface area contributed by atoms with Crippen molar-refractivity contribution in [2.24, 2.45) is 0 Å². The molecule has 3 aromatic rings. The first-order valence-electron chi connectivity index (χ1n) is 16.7. The molecule has 0 aliphatic rings. The molecule has 0 spiro atoms. The zero-order valence-electron chi connectivity index (χ0n) is 27.7. The van der Waals surface area contributed by atoms with Crippen molar-refractivity contribution in [3.05, 3.63) is 72.8 Å². The average molecular weight is 606 g/mol. The van der Waals surface area contributed by atoms with Gasteiger partial charge in [-0.05, 0) is 95.7 Å². The van der Waals surface area contributed by atoms with Gasteiger partial charge < -0.3 is 30.0 Å². The highest BCUT2D eigenvalue weighted by Gasteiger charge is 2.32. The molecule has 0 unspecified atom stereocenters. The number of nitrogens with zero attached hydrogens (tertiary/aromatic N) is 4. The predicted octanol–water partition coefficient (Wildman–Crippen LogP) is 7.08. The van der Waals surface area contributed by atoms with Crippen molar-refractivity contribution in [1.29, 1.82) is 0 Å². The molecule has 0 saturated carbocycles. The van der Waals surface area contributed by atoms with Crippen LogP contribution >= 0.6 is 0 Å². The van der Waals surface area contributed by atoms with Crippen LogP contribution in [0.5, 0.6) is 0 Å². The Morgan fingerprint density at radius 3 is 0.886 bits per heavy atom. The second-order valence-electron chi connectivity index (χ2n) is 11.6. The molecule has 0 atom stereocenters. The van der Waals surface area contributed by atoms with Crippen LogP contribution < -0.4 is 19.2 Å². The Hall–Kier alpha value is -3.10. The van der Waals surface area contributed by atoms with Crippen LogP contribution in [0.3, 0.4) is 0 Å². The minimum absolute atomic E-state index is 0.237. The molecule has 0 amide bonds. The number of anilines is 3. The van der Waals surface area contributed by atoms with Gasteiger partial charge in [0.05, 0.1) is 7.05 Å². The van der Waals surface area contributed by atoms with Crippen LogP contribution in [0, 0.1) is 0 Å². The highest BCUT2D eigenvalue weighted by atomic mass is 16.3. The summed E-state index contributed by atoms with van der Waals surface area (Å²) in [6, 6.07) is 26.9. The van der Waals surface area contributed by atoms with E-state index < -0.39 is 0 Å². The summed E-state index contributed by atoms with van der Waals surface area (Å²) in [6.07, 6.45) is 5.39. The maximum atomic E-state index is 9.24. The van der Waals surface area contributed by atoms with Gasteiger partial charge in [-0.15, -0.1) is 0 Å². The van der Waals surface area contributed by atoms with Gasteiger partial charge in [-0.1, -0.05) is 0 Å². The van der Waals surface area contributed by atoms with Gasteiger partial charge in [-0.25, -0.2) is 4.48 Å². The third kappa shape index (κ3) is 9.21. The van der Waals surface area contributed by atoms with Crippen LogP contribution in [0.1, 0.15) is 59.3 Å². The van der Waals surface area contributed by atoms with Crippen molar-refractivity contribution in [2.45, 2.75) is 59.3 Å². The molecule has 0 aliphatic heterocycles. The normalized spacial score (nSPS) is 11.5. The van der Waals surface area contributed by atoms with Gasteiger partial charge in [0.1, 0.15) is 17.1 Å². The molecule has 3 aromatic carbocycles. The maximum Gasteiger partial charge on any atom is 0.142 e. The van der Waals surface area contributed by atoms with Gasteiger partial charge in [-0.3, -0.25) is 0 Å². The second kappa shape index (κ2) is 18.6. The van der Waals surface area contributed by atoms with E-state index in [9.17, 15) is 15.3 Å². The molecule has 0 aromatic heterocycles. The quantitative estimate of drug-likeness (QED) is 0.0890. The number of quaternary nitrogens is 1. The minimum atomic E-state index is 0.237. The lowest BCUT2D eigenvalue weighted by molar-refractivity contribution is 0.285. The monoisotopic (exact) mass is 605 g/mol. The summed E-state index contributed by atoms with van der Waals surface area (Å²) in [4.78, 5) is 7.12. The second-order valence-corrected chi connectivity index (χ2v) is 11.6. The number of hydrogen-bond acceptors (Lipinski definition) is 6. The molecular formula is C37H57N4O3+. The lowest BCUT2D eigenvalue weighted by Crippen LogP contribution is -2.34. The van der Waals surface area contributed by atoms with Crippen molar-refractivity contribution in [3.63, 3.8) is 0 Å². The van der Waals surface area contributed by atoms with E-state index in [2.05, 4.69) is 115 Å². The molecule has 242 valence electrons. The highest BCUT2D eigenvalue weighted by Crippen LogP contribution is 2.43. The summed E-state index contributed by atoms with van der Waals surface area (Å²) in [7, 11) is 2.27. The Balaban J connectivity index is 1.99. The van der Waals surface area contributed by atoms with Crippen LogP contribution in [0.25, 0.3) is 0 Å². The molecule has 0 aliphatic carbocycles. The summed E-state index contributed by atoms with van der Waals surface area (Å²) in [5.74, 6) is 0. The average Bonchev–Trinajstić information content (AvgIpc) is 3.07. The number of benzene rings is 3. The fourth-order valence-electron chi connectivity index (χ4n) is 5.98. The minimum Gasteiger partial charge on any atom is -0.396 e. The van der Waals surface area contributed by atoms with E-state index in [4.69, 9.17) is 0 Å². The molecule has 44 heavy (non-hydrogen) atoms. The zero-order chi connectivity index (χ0) is 31.8. The van der Waals surface area contributed by atoms with Crippen molar-refractivity contribution in [2.75, 3.05) is 80.8 Å². The summed E-state index contributed by atoms with van der Waals surface area (Å²) in [5.41, 5.74) is 7.17. The number of rotatable bonds is 21. The lowest BCUT2D eigenvalue weighted by atomic mass is 10.1. The standard InChI is InChI=1S/C37H57N4O3/c1-5-38(26-8-11-29-42)32-14-20-35(21-15-32)41(4,36-22-16-33(17-23-36)39(6-2)27-9-12-30-43)37-24-18-34(19-25-37)40(7-3)28-10-13-31-44/h14-25,42-44H,5-13,26-31H2,1-4H3/q+1. The Labute approximate surface area is 266 Å². The molecule has 0 saturated heterocycles. The predicted molar refractivity (Wildman–Crippen MR) is 189 cm³/mol. The van der Waals surface area contributed by atoms with Crippen LogP contribution in [0.15, 0.2) is 72.8 Å². The van der Waals surface area contributed by atoms with E-state index in [0.717, 1.165) is 77.8 Å². The Morgan fingerprint density at radius 2 is 0.682 bits per heavy atom. The first-order valence-corrected chi connectivity index (χ1v) is 16.7. The van der Waals surface area contributed by atoms with Gasteiger partial charge in [-0.2, -0.15) is 0 Å². The largest absolute Gasteiger partial charge is 0.396 e. The van der Waals surface area contributed by atoms with Gasteiger partial charge in [0.2, 0.25) is 0 Å². The van der Waals surface area contributed by atoms with Crippen molar-refractivity contribution in [3.8, 4) is 0 Å².